The zero-order chi connectivity index (χ0) is 11.5. The molecule has 0 aliphatic rings. The first-order valence-corrected chi connectivity index (χ1v) is 5.56. The van der Waals surface area contributed by atoms with Crippen LogP contribution in [0.2, 0.25) is 0 Å². The standard InChI is InChI=1S/C11H11BrN4/c1-7-6-8(2-3-9(7)12)10-11(16-13)15-5-4-14-10/h2-6H,13H2,1H3,(H,15,16). The van der Waals surface area contributed by atoms with Crippen molar-refractivity contribution >= 4 is 21.7 Å². The fraction of sp³-hybridized carbons (Fsp3) is 0.0909. The number of nitrogens with one attached hydrogen (secondary N) is 1. The molecule has 0 spiro atoms. The average molecular weight is 279 g/mol. The van der Waals surface area contributed by atoms with E-state index in [4.69, 9.17) is 5.84 Å². The van der Waals surface area contributed by atoms with Crippen molar-refractivity contribution in [3.8, 4) is 11.3 Å². The molecule has 2 rings (SSSR count). The summed E-state index contributed by atoms with van der Waals surface area (Å²) in [5.74, 6) is 5.97. The maximum absolute atomic E-state index is 5.39. The highest BCUT2D eigenvalue weighted by Crippen LogP contribution is 2.26. The van der Waals surface area contributed by atoms with Crippen LogP contribution in [-0.2, 0) is 0 Å². The van der Waals surface area contributed by atoms with Gasteiger partial charge in [-0.05, 0) is 24.6 Å². The van der Waals surface area contributed by atoms with Crippen molar-refractivity contribution in [2.24, 2.45) is 5.84 Å². The lowest BCUT2D eigenvalue weighted by Gasteiger charge is -2.07. The van der Waals surface area contributed by atoms with Crippen molar-refractivity contribution < 1.29 is 0 Å². The molecule has 0 aliphatic heterocycles. The molecule has 82 valence electrons. The zero-order valence-corrected chi connectivity index (χ0v) is 10.3. The molecule has 0 saturated carbocycles. The van der Waals surface area contributed by atoms with Gasteiger partial charge in [-0.15, -0.1) is 0 Å². The number of hydrogen-bond donors (Lipinski definition) is 2. The number of benzene rings is 1. The Hall–Kier alpha value is -1.46. The molecule has 1 heterocycles. The van der Waals surface area contributed by atoms with E-state index in [0.29, 0.717) is 5.82 Å². The molecule has 0 aliphatic carbocycles. The van der Waals surface area contributed by atoms with E-state index < -0.39 is 0 Å². The first kappa shape index (κ1) is 11.0. The predicted octanol–water partition coefficient (Wildman–Crippen LogP) is 2.50. The summed E-state index contributed by atoms with van der Waals surface area (Å²) in [7, 11) is 0. The van der Waals surface area contributed by atoms with Crippen LogP contribution in [0.15, 0.2) is 35.1 Å². The molecular weight excluding hydrogens is 268 g/mol. The van der Waals surface area contributed by atoms with Gasteiger partial charge in [-0.3, -0.25) is 4.98 Å². The highest BCUT2D eigenvalue weighted by molar-refractivity contribution is 9.10. The van der Waals surface area contributed by atoms with Crippen molar-refractivity contribution in [3.05, 3.63) is 40.6 Å². The van der Waals surface area contributed by atoms with Gasteiger partial charge in [-0.1, -0.05) is 22.0 Å². The smallest absolute Gasteiger partial charge is 0.166 e. The summed E-state index contributed by atoms with van der Waals surface area (Å²) in [4.78, 5) is 8.39. The maximum Gasteiger partial charge on any atom is 0.166 e. The van der Waals surface area contributed by atoms with E-state index in [-0.39, 0.29) is 0 Å². The molecule has 1 aromatic carbocycles. The second kappa shape index (κ2) is 4.59. The number of halogens is 1. The van der Waals surface area contributed by atoms with Gasteiger partial charge >= 0.3 is 0 Å². The molecule has 0 amide bonds. The van der Waals surface area contributed by atoms with Crippen molar-refractivity contribution in [1.29, 1.82) is 0 Å². The fourth-order valence-electron chi connectivity index (χ4n) is 1.45. The molecule has 16 heavy (non-hydrogen) atoms. The normalized spacial score (nSPS) is 10.2. The summed E-state index contributed by atoms with van der Waals surface area (Å²) in [6.45, 7) is 2.03. The Bertz CT molecular complexity index is 513. The van der Waals surface area contributed by atoms with Crippen molar-refractivity contribution in [1.82, 2.24) is 9.97 Å². The lowest BCUT2D eigenvalue weighted by Crippen LogP contribution is -2.10. The quantitative estimate of drug-likeness (QED) is 0.655. The third-order valence-electron chi connectivity index (χ3n) is 2.27. The summed E-state index contributed by atoms with van der Waals surface area (Å²) in [5.41, 5.74) is 5.43. The third kappa shape index (κ3) is 2.05. The van der Waals surface area contributed by atoms with Crippen LogP contribution in [0, 0.1) is 6.92 Å². The molecule has 0 unspecified atom stereocenters. The lowest BCUT2D eigenvalue weighted by molar-refractivity contribution is 1.16. The Labute approximate surface area is 102 Å². The molecule has 5 heteroatoms. The van der Waals surface area contributed by atoms with Crippen molar-refractivity contribution in [2.75, 3.05) is 5.43 Å². The molecule has 4 nitrogen and oxygen atoms in total. The molecule has 0 atom stereocenters. The van der Waals surface area contributed by atoms with Gasteiger partial charge in [0.15, 0.2) is 5.82 Å². The largest absolute Gasteiger partial charge is 0.307 e. The number of anilines is 1. The van der Waals surface area contributed by atoms with E-state index in [9.17, 15) is 0 Å². The van der Waals surface area contributed by atoms with Gasteiger partial charge in [-0.25, -0.2) is 10.8 Å². The van der Waals surface area contributed by atoms with Gasteiger partial charge in [0.25, 0.3) is 0 Å². The lowest BCUT2D eigenvalue weighted by atomic mass is 10.1. The van der Waals surface area contributed by atoms with Crippen LogP contribution in [-0.4, -0.2) is 9.97 Å². The van der Waals surface area contributed by atoms with Gasteiger partial charge in [0, 0.05) is 22.4 Å². The van der Waals surface area contributed by atoms with Crippen LogP contribution in [0.25, 0.3) is 11.3 Å². The van der Waals surface area contributed by atoms with Crippen LogP contribution in [0.5, 0.6) is 0 Å². The van der Waals surface area contributed by atoms with Gasteiger partial charge in [0.2, 0.25) is 0 Å². The summed E-state index contributed by atoms with van der Waals surface area (Å²) in [5, 5.41) is 0. The van der Waals surface area contributed by atoms with Crippen LogP contribution in [0.4, 0.5) is 5.82 Å². The minimum atomic E-state index is 0.573. The minimum absolute atomic E-state index is 0.573. The Morgan fingerprint density at radius 3 is 2.69 bits per heavy atom. The second-order valence-electron chi connectivity index (χ2n) is 3.36. The van der Waals surface area contributed by atoms with E-state index in [1.807, 2.05) is 25.1 Å². The van der Waals surface area contributed by atoms with E-state index in [1.54, 1.807) is 12.4 Å². The van der Waals surface area contributed by atoms with Crippen LogP contribution in [0.1, 0.15) is 5.56 Å². The molecule has 0 saturated heterocycles. The predicted molar refractivity (Wildman–Crippen MR) is 67.7 cm³/mol. The van der Waals surface area contributed by atoms with Gasteiger partial charge in [-0.2, -0.15) is 0 Å². The number of nitrogen functional groups attached to an aromatic ring is 1. The monoisotopic (exact) mass is 278 g/mol. The molecule has 0 radical (unpaired) electrons. The van der Waals surface area contributed by atoms with Crippen molar-refractivity contribution in [2.45, 2.75) is 6.92 Å². The average Bonchev–Trinajstić information content (AvgIpc) is 2.32. The minimum Gasteiger partial charge on any atom is -0.307 e. The molecule has 2 aromatic rings. The van der Waals surface area contributed by atoms with E-state index >= 15 is 0 Å². The highest BCUT2D eigenvalue weighted by atomic mass is 79.9. The first-order valence-electron chi connectivity index (χ1n) is 4.76. The Balaban J connectivity index is 2.54. The maximum atomic E-state index is 5.39. The van der Waals surface area contributed by atoms with Gasteiger partial charge in [0.1, 0.15) is 5.69 Å². The Morgan fingerprint density at radius 2 is 2.00 bits per heavy atom. The van der Waals surface area contributed by atoms with Crippen LogP contribution < -0.4 is 11.3 Å². The number of hydrogen-bond acceptors (Lipinski definition) is 4. The molecule has 0 bridgehead atoms. The van der Waals surface area contributed by atoms with Gasteiger partial charge in [0.05, 0.1) is 0 Å². The highest BCUT2D eigenvalue weighted by Gasteiger charge is 2.07. The van der Waals surface area contributed by atoms with Gasteiger partial charge < -0.3 is 5.43 Å². The fourth-order valence-corrected chi connectivity index (χ4v) is 1.69. The summed E-state index contributed by atoms with van der Waals surface area (Å²) in [6.07, 6.45) is 3.25. The number of nitrogens with zero attached hydrogens (tertiary/aromatic N) is 2. The number of aromatic nitrogens is 2. The Morgan fingerprint density at radius 1 is 1.25 bits per heavy atom. The topological polar surface area (TPSA) is 63.8 Å². The molecule has 0 fully saturated rings. The SMILES string of the molecule is Cc1cc(-c2nccnc2NN)ccc1Br. The van der Waals surface area contributed by atoms with Crippen molar-refractivity contribution in [3.63, 3.8) is 0 Å². The summed E-state index contributed by atoms with van der Waals surface area (Å²) in [6, 6.07) is 6.00. The third-order valence-corrected chi connectivity index (χ3v) is 3.16. The van der Waals surface area contributed by atoms with E-state index in [0.717, 1.165) is 21.3 Å². The number of rotatable bonds is 2. The number of hydrazine groups is 1. The van der Waals surface area contributed by atoms with E-state index in [2.05, 4.69) is 31.3 Å². The number of nitrogens with two attached hydrogens (primary N) is 1. The first-order chi connectivity index (χ1) is 7.72. The number of aryl methyl sites for hydroxylation is 1. The van der Waals surface area contributed by atoms with E-state index in [1.165, 1.54) is 0 Å². The molecule has 3 N–H and O–H groups in total. The van der Waals surface area contributed by atoms with Crippen LogP contribution in [0.3, 0.4) is 0 Å². The molecule has 1 aromatic heterocycles. The van der Waals surface area contributed by atoms with Crippen LogP contribution >= 0.6 is 15.9 Å². The summed E-state index contributed by atoms with van der Waals surface area (Å²) >= 11 is 3.46. The summed E-state index contributed by atoms with van der Waals surface area (Å²) < 4.78 is 1.07. The zero-order valence-electron chi connectivity index (χ0n) is 8.74. The Kier molecular flexibility index (Phi) is 3.17. The molecular formula is C11H11BrN4. The second-order valence-corrected chi connectivity index (χ2v) is 4.22.